The van der Waals surface area contributed by atoms with Crippen LogP contribution in [-0.4, -0.2) is 35.6 Å². The molecule has 116 valence electrons. The van der Waals surface area contributed by atoms with Crippen molar-refractivity contribution in [1.82, 2.24) is 10.6 Å². The van der Waals surface area contributed by atoms with E-state index >= 15 is 0 Å². The molecule has 0 spiro atoms. The zero-order valence-electron chi connectivity index (χ0n) is 12.8. The average molecular weight is 284 g/mol. The van der Waals surface area contributed by atoms with Gasteiger partial charge in [-0.05, 0) is 25.7 Å². The molecule has 0 aliphatic heterocycles. The van der Waals surface area contributed by atoms with Gasteiger partial charge < -0.3 is 15.7 Å². The molecule has 5 heteroatoms. The number of carbonyl (C=O) groups excluding carboxylic acids is 2. The summed E-state index contributed by atoms with van der Waals surface area (Å²) in [6.07, 6.45) is 3.90. The van der Waals surface area contributed by atoms with E-state index in [1.54, 1.807) is 0 Å². The van der Waals surface area contributed by atoms with Crippen molar-refractivity contribution in [2.45, 2.75) is 65.0 Å². The van der Waals surface area contributed by atoms with Crippen LogP contribution in [0.1, 0.15) is 52.9 Å². The smallest absolute Gasteiger partial charge is 0.223 e. The van der Waals surface area contributed by atoms with Crippen molar-refractivity contribution >= 4 is 11.8 Å². The molecule has 0 heterocycles. The first-order valence-electron chi connectivity index (χ1n) is 7.65. The first-order chi connectivity index (χ1) is 9.40. The summed E-state index contributed by atoms with van der Waals surface area (Å²) in [7, 11) is 0. The molecule has 3 N–H and O–H groups in total. The van der Waals surface area contributed by atoms with Crippen molar-refractivity contribution in [3.05, 3.63) is 0 Å². The van der Waals surface area contributed by atoms with E-state index in [4.69, 9.17) is 0 Å². The maximum atomic E-state index is 11.9. The Balaban J connectivity index is 2.22. The van der Waals surface area contributed by atoms with E-state index < -0.39 is 6.10 Å². The van der Waals surface area contributed by atoms with Crippen LogP contribution in [0.5, 0.6) is 0 Å². The molecule has 0 bridgehead atoms. The molecule has 1 fully saturated rings. The molecule has 5 nitrogen and oxygen atoms in total. The first-order valence-corrected chi connectivity index (χ1v) is 7.65. The van der Waals surface area contributed by atoms with E-state index in [1.807, 2.05) is 20.8 Å². The summed E-state index contributed by atoms with van der Waals surface area (Å²) in [5.74, 6) is 0.187. The van der Waals surface area contributed by atoms with E-state index in [1.165, 1.54) is 0 Å². The molecule has 0 saturated heterocycles. The van der Waals surface area contributed by atoms with Crippen LogP contribution in [0.3, 0.4) is 0 Å². The number of nitrogens with one attached hydrogen (secondary N) is 2. The van der Waals surface area contributed by atoms with Crippen LogP contribution in [0.15, 0.2) is 0 Å². The second-order valence-corrected chi connectivity index (χ2v) is 6.21. The van der Waals surface area contributed by atoms with Gasteiger partial charge in [-0.1, -0.05) is 26.7 Å². The van der Waals surface area contributed by atoms with Crippen molar-refractivity contribution in [3.8, 4) is 0 Å². The van der Waals surface area contributed by atoms with Gasteiger partial charge in [0, 0.05) is 24.9 Å². The van der Waals surface area contributed by atoms with E-state index in [0.717, 1.165) is 25.7 Å². The fourth-order valence-corrected chi connectivity index (χ4v) is 2.40. The van der Waals surface area contributed by atoms with Crippen molar-refractivity contribution in [2.75, 3.05) is 6.54 Å². The maximum Gasteiger partial charge on any atom is 0.223 e. The Hall–Kier alpha value is -1.10. The minimum atomic E-state index is -0.526. The van der Waals surface area contributed by atoms with Gasteiger partial charge in [-0.15, -0.1) is 0 Å². The van der Waals surface area contributed by atoms with Crippen molar-refractivity contribution in [2.24, 2.45) is 11.8 Å². The Morgan fingerprint density at radius 1 is 1.20 bits per heavy atom. The normalized spacial score (nSPS) is 18.9. The lowest BCUT2D eigenvalue weighted by atomic mass is 10.1. The molecule has 0 radical (unpaired) electrons. The summed E-state index contributed by atoms with van der Waals surface area (Å²) in [6.45, 7) is 5.91. The lowest BCUT2D eigenvalue weighted by molar-refractivity contribution is -0.126. The van der Waals surface area contributed by atoms with Crippen LogP contribution in [0.2, 0.25) is 0 Å². The summed E-state index contributed by atoms with van der Waals surface area (Å²) < 4.78 is 0. The first kappa shape index (κ1) is 17.0. The zero-order valence-corrected chi connectivity index (χ0v) is 12.8. The zero-order chi connectivity index (χ0) is 15.1. The van der Waals surface area contributed by atoms with Gasteiger partial charge in [0.1, 0.15) is 0 Å². The van der Waals surface area contributed by atoms with Crippen LogP contribution in [-0.2, 0) is 9.59 Å². The topological polar surface area (TPSA) is 78.4 Å². The highest BCUT2D eigenvalue weighted by Crippen LogP contribution is 2.24. The number of carbonyl (C=O) groups is 2. The lowest BCUT2D eigenvalue weighted by Gasteiger charge is -2.18. The highest BCUT2D eigenvalue weighted by atomic mass is 16.3. The third-order valence-electron chi connectivity index (χ3n) is 3.88. The molecule has 1 aliphatic rings. The fraction of sp³-hybridized carbons (Fsp3) is 0.867. The van der Waals surface area contributed by atoms with Gasteiger partial charge in [-0.3, -0.25) is 9.59 Å². The fourth-order valence-electron chi connectivity index (χ4n) is 2.40. The molecule has 2 atom stereocenters. The molecule has 20 heavy (non-hydrogen) atoms. The van der Waals surface area contributed by atoms with Crippen LogP contribution >= 0.6 is 0 Å². The third kappa shape index (κ3) is 5.90. The highest BCUT2D eigenvalue weighted by Gasteiger charge is 2.24. The summed E-state index contributed by atoms with van der Waals surface area (Å²) in [4.78, 5) is 23.6. The standard InChI is InChI=1S/C15H28N2O3/c1-10(2)13(18)9-16-14(19)8-11(3)17-15(20)12-6-4-5-7-12/h10-13,18H,4-9H2,1-3H3,(H,16,19)(H,17,20). The van der Waals surface area contributed by atoms with Crippen LogP contribution in [0.4, 0.5) is 0 Å². The number of amides is 2. The van der Waals surface area contributed by atoms with Gasteiger partial charge in [0.2, 0.25) is 11.8 Å². The Labute approximate surface area is 121 Å². The van der Waals surface area contributed by atoms with E-state index in [-0.39, 0.29) is 42.7 Å². The van der Waals surface area contributed by atoms with Crippen LogP contribution < -0.4 is 10.6 Å². The molecule has 2 amide bonds. The average Bonchev–Trinajstić information content (AvgIpc) is 2.89. The number of rotatable bonds is 7. The molecular formula is C15H28N2O3. The molecule has 2 unspecified atom stereocenters. The maximum absolute atomic E-state index is 11.9. The monoisotopic (exact) mass is 284 g/mol. The summed E-state index contributed by atoms with van der Waals surface area (Å²) >= 11 is 0. The molecule has 1 aliphatic carbocycles. The summed E-state index contributed by atoms with van der Waals surface area (Å²) in [5, 5.41) is 15.2. The molecule has 0 aromatic carbocycles. The van der Waals surface area contributed by atoms with Crippen molar-refractivity contribution in [3.63, 3.8) is 0 Å². The SMILES string of the molecule is CC(CC(=O)NCC(O)C(C)C)NC(=O)C1CCCC1. The van der Waals surface area contributed by atoms with Gasteiger partial charge in [-0.25, -0.2) is 0 Å². The molecule has 0 aromatic rings. The van der Waals surface area contributed by atoms with Gasteiger partial charge in [0.25, 0.3) is 0 Å². The highest BCUT2D eigenvalue weighted by molar-refractivity contribution is 5.81. The molecular weight excluding hydrogens is 256 g/mol. The van der Waals surface area contributed by atoms with Gasteiger partial charge in [0.15, 0.2) is 0 Å². The Morgan fingerprint density at radius 3 is 2.35 bits per heavy atom. The van der Waals surface area contributed by atoms with Crippen molar-refractivity contribution < 1.29 is 14.7 Å². The quantitative estimate of drug-likeness (QED) is 0.657. The van der Waals surface area contributed by atoms with E-state index in [9.17, 15) is 14.7 Å². The van der Waals surface area contributed by atoms with Crippen molar-refractivity contribution in [1.29, 1.82) is 0 Å². The van der Waals surface area contributed by atoms with E-state index in [0.29, 0.717) is 0 Å². The Bertz CT molecular complexity index is 325. The molecule has 1 rings (SSSR count). The van der Waals surface area contributed by atoms with Gasteiger partial charge >= 0.3 is 0 Å². The number of aliphatic hydroxyl groups is 1. The van der Waals surface area contributed by atoms with Gasteiger partial charge in [0.05, 0.1) is 6.10 Å². The largest absolute Gasteiger partial charge is 0.391 e. The summed E-state index contributed by atoms with van der Waals surface area (Å²) in [6, 6.07) is -0.167. The minimum Gasteiger partial charge on any atom is -0.391 e. The predicted molar refractivity (Wildman–Crippen MR) is 78.0 cm³/mol. The van der Waals surface area contributed by atoms with Crippen LogP contribution in [0, 0.1) is 11.8 Å². The Morgan fingerprint density at radius 2 is 1.80 bits per heavy atom. The van der Waals surface area contributed by atoms with Gasteiger partial charge in [-0.2, -0.15) is 0 Å². The Kier molecular flexibility index (Phi) is 6.99. The summed E-state index contributed by atoms with van der Waals surface area (Å²) in [5.41, 5.74) is 0. The second-order valence-electron chi connectivity index (χ2n) is 6.21. The van der Waals surface area contributed by atoms with Crippen LogP contribution in [0.25, 0.3) is 0 Å². The number of hydrogen-bond donors (Lipinski definition) is 3. The lowest BCUT2D eigenvalue weighted by Crippen LogP contribution is -2.41. The van der Waals surface area contributed by atoms with E-state index in [2.05, 4.69) is 10.6 Å². The molecule has 0 aromatic heterocycles. The minimum absolute atomic E-state index is 0.0741. The predicted octanol–water partition coefficient (Wildman–Crippen LogP) is 1.20. The number of hydrogen-bond acceptors (Lipinski definition) is 3. The molecule has 1 saturated carbocycles. The third-order valence-corrected chi connectivity index (χ3v) is 3.88. The second kappa shape index (κ2) is 8.25. The number of aliphatic hydroxyl groups excluding tert-OH is 1.